The topological polar surface area (TPSA) is 32.7 Å². The SMILES string of the molecule is OC1CCCN(C[C@@H]2CCCO[C@H]2c2ccc(C(F)(F)F)cc2)C1. The van der Waals surface area contributed by atoms with Crippen LogP contribution < -0.4 is 0 Å². The van der Waals surface area contributed by atoms with Crippen LogP contribution in [0.4, 0.5) is 13.2 Å². The number of likely N-dealkylation sites (tertiary alicyclic amines) is 1. The molecule has 0 radical (unpaired) electrons. The van der Waals surface area contributed by atoms with E-state index in [2.05, 4.69) is 4.90 Å². The third kappa shape index (κ3) is 4.29. The van der Waals surface area contributed by atoms with Crippen LogP contribution in [0.2, 0.25) is 0 Å². The van der Waals surface area contributed by atoms with Crippen LogP contribution in [0.1, 0.15) is 42.9 Å². The number of nitrogens with zero attached hydrogens (tertiary/aromatic N) is 1. The average molecular weight is 343 g/mol. The Morgan fingerprint density at radius 2 is 1.88 bits per heavy atom. The number of aliphatic hydroxyl groups is 1. The Kier molecular flexibility index (Phi) is 5.47. The standard InChI is InChI=1S/C18H24F3NO2/c19-18(20,21)15-7-5-13(6-8-15)17-14(3-2-10-24-17)11-22-9-1-4-16(23)12-22/h5-8,14,16-17,23H,1-4,9-12H2/t14-,16?,17-/m0/s1. The normalized spacial score (nSPS) is 29.6. The third-order valence-corrected chi connectivity index (χ3v) is 4.98. The molecule has 0 bridgehead atoms. The second-order valence-corrected chi connectivity index (χ2v) is 6.87. The molecule has 24 heavy (non-hydrogen) atoms. The molecule has 1 N–H and O–H groups in total. The van der Waals surface area contributed by atoms with Crippen LogP contribution in [0.25, 0.3) is 0 Å². The van der Waals surface area contributed by atoms with Gasteiger partial charge in [-0.1, -0.05) is 12.1 Å². The summed E-state index contributed by atoms with van der Waals surface area (Å²) >= 11 is 0. The van der Waals surface area contributed by atoms with Crippen molar-refractivity contribution in [3.8, 4) is 0 Å². The van der Waals surface area contributed by atoms with Gasteiger partial charge in [-0.05, 0) is 49.9 Å². The molecular weight excluding hydrogens is 319 g/mol. The van der Waals surface area contributed by atoms with Gasteiger partial charge in [0.1, 0.15) is 0 Å². The fraction of sp³-hybridized carbons (Fsp3) is 0.667. The lowest BCUT2D eigenvalue weighted by molar-refractivity contribution is -0.137. The van der Waals surface area contributed by atoms with E-state index in [9.17, 15) is 18.3 Å². The highest BCUT2D eigenvalue weighted by molar-refractivity contribution is 5.26. The van der Waals surface area contributed by atoms with Crippen molar-refractivity contribution < 1.29 is 23.0 Å². The Labute approximate surface area is 140 Å². The first-order valence-corrected chi connectivity index (χ1v) is 8.62. The van der Waals surface area contributed by atoms with E-state index >= 15 is 0 Å². The van der Waals surface area contributed by atoms with Crippen molar-refractivity contribution >= 4 is 0 Å². The molecule has 0 spiro atoms. The predicted octanol–water partition coefficient (Wildman–Crippen LogP) is 3.63. The molecular formula is C18H24F3NO2. The number of piperidine rings is 1. The summed E-state index contributed by atoms with van der Waals surface area (Å²) in [6.07, 6.45) is -0.946. The van der Waals surface area contributed by atoms with Gasteiger partial charge in [-0.25, -0.2) is 0 Å². The molecule has 2 heterocycles. The smallest absolute Gasteiger partial charge is 0.392 e. The number of ether oxygens (including phenoxy) is 1. The van der Waals surface area contributed by atoms with Crippen LogP contribution in [0.15, 0.2) is 24.3 Å². The summed E-state index contributed by atoms with van der Waals surface area (Å²) < 4.78 is 44.1. The second-order valence-electron chi connectivity index (χ2n) is 6.87. The third-order valence-electron chi connectivity index (χ3n) is 4.98. The molecule has 0 amide bonds. The Balaban J connectivity index is 1.69. The first-order valence-electron chi connectivity index (χ1n) is 8.62. The fourth-order valence-electron chi connectivity index (χ4n) is 3.79. The minimum Gasteiger partial charge on any atom is -0.392 e. The van der Waals surface area contributed by atoms with E-state index in [-0.39, 0.29) is 18.1 Å². The molecule has 1 unspecified atom stereocenters. The number of β-amino-alcohol motifs (C(OH)–C–C–N with tert-alkyl or cyclic N) is 1. The molecule has 2 aliphatic rings. The van der Waals surface area contributed by atoms with Gasteiger partial charge >= 0.3 is 6.18 Å². The number of halogens is 3. The van der Waals surface area contributed by atoms with Crippen LogP contribution in [0.3, 0.4) is 0 Å². The summed E-state index contributed by atoms with van der Waals surface area (Å²) in [5.41, 5.74) is 0.183. The molecule has 2 saturated heterocycles. The lowest BCUT2D eigenvalue weighted by Crippen LogP contribution is -2.42. The lowest BCUT2D eigenvalue weighted by atomic mass is 9.88. The molecule has 3 rings (SSSR count). The van der Waals surface area contributed by atoms with Gasteiger partial charge in [0.2, 0.25) is 0 Å². The van der Waals surface area contributed by atoms with Gasteiger partial charge in [-0.15, -0.1) is 0 Å². The molecule has 0 aromatic heterocycles. The van der Waals surface area contributed by atoms with Gasteiger partial charge < -0.3 is 14.7 Å². The quantitative estimate of drug-likeness (QED) is 0.910. The maximum absolute atomic E-state index is 12.7. The molecule has 0 aliphatic carbocycles. The fourth-order valence-corrected chi connectivity index (χ4v) is 3.79. The zero-order valence-electron chi connectivity index (χ0n) is 13.6. The molecule has 3 nitrogen and oxygen atoms in total. The maximum atomic E-state index is 12.7. The van der Waals surface area contributed by atoms with Gasteiger partial charge in [0.25, 0.3) is 0 Å². The monoisotopic (exact) mass is 343 g/mol. The molecule has 1 aromatic rings. The van der Waals surface area contributed by atoms with E-state index in [1.54, 1.807) is 0 Å². The van der Waals surface area contributed by atoms with Crippen LogP contribution in [0, 0.1) is 5.92 Å². The van der Waals surface area contributed by atoms with Crippen molar-refractivity contribution in [1.29, 1.82) is 0 Å². The number of aliphatic hydroxyl groups excluding tert-OH is 1. The first kappa shape index (κ1) is 17.7. The van der Waals surface area contributed by atoms with Gasteiger partial charge in [0, 0.05) is 25.6 Å². The van der Waals surface area contributed by atoms with Crippen molar-refractivity contribution in [2.45, 2.75) is 44.1 Å². The zero-order valence-corrected chi connectivity index (χ0v) is 13.6. The molecule has 3 atom stereocenters. The largest absolute Gasteiger partial charge is 0.416 e. The number of hydrogen-bond donors (Lipinski definition) is 1. The highest BCUT2D eigenvalue weighted by Crippen LogP contribution is 2.36. The lowest BCUT2D eigenvalue weighted by Gasteiger charge is -2.38. The molecule has 2 aliphatic heterocycles. The summed E-state index contributed by atoms with van der Waals surface area (Å²) in [5.74, 6) is 0.251. The minimum atomic E-state index is -4.31. The summed E-state index contributed by atoms with van der Waals surface area (Å²) in [5, 5.41) is 9.82. The average Bonchev–Trinajstić information content (AvgIpc) is 2.55. The number of hydrogen-bond acceptors (Lipinski definition) is 3. The summed E-state index contributed by atoms with van der Waals surface area (Å²) in [7, 11) is 0. The van der Waals surface area contributed by atoms with Crippen molar-refractivity contribution in [3.05, 3.63) is 35.4 Å². The Hall–Kier alpha value is -1.11. The summed E-state index contributed by atoms with van der Waals surface area (Å²) in [4.78, 5) is 2.25. The maximum Gasteiger partial charge on any atom is 0.416 e. The van der Waals surface area contributed by atoms with E-state index in [0.29, 0.717) is 13.2 Å². The van der Waals surface area contributed by atoms with E-state index < -0.39 is 11.7 Å². The summed E-state index contributed by atoms with van der Waals surface area (Å²) in [6.45, 7) is 3.11. The van der Waals surface area contributed by atoms with Crippen molar-refractivity contribution in [2.75, 3.05) is 26.2 Å². The molecule has 0 saturated carbocycles. The van der Waals surface area contributed by atoms with Crippen molar-refractivity contribution in [3.63, 3.8) is 0 Å². The number of alkyl halides is 3. The highest BCUT2D eigenvalue weighted by atomic mass is 19.4. The number of benzene rings is 1. The molecule has 134 valence electrons. The van der Waals surface area contributed by atoms with Gasteiger partial charge in [0.15, 0.2) is 0 Å². The van der Waals surface area contributed by atoms with Gasteiger partial charge in [-0.3, -0.25) is 0 Å². The Morgan fingerprint density at radius 1 is 1.12 bits per heavy atom. The predicted molar refractivity (Wildman–Crippen MR) is 84.5 cm³/mol. The molecule has 1 aromatic carbocycles. The van der Waals surface area contributed by atoms with Crippen molar-refractivity contribution in [1.82, 2.24) is 4.90 Å². The van der Waals surface area contributed by atoms with Crippen LogP contribution in [-0.4, -0.2) is 42.4 Å². The Bertz CT molecular complexity index is 532. The van der Waals surface area contributed by atoms with E-state index in [1.807, 2.05) is 0 Å². The number of rotatable bonds is 3. The summed E-state index contributed by atoms with van der Waals surface area (Å²) in [6, 6.07) is 5.34. The van der Waals surface area contributed by atoms with Crippen molar-refractivity contribution in [2.24, 2.45) is 5.92 Å². The molecule has 6 heteroatoms. The highest BCUT2D eigenvalue weighted by Gasteiger charge is 2.33. The van der Waals surface area contributed by atoms with E-state index in [0.717, 1.165) is 56.5 Å². The van der Waals surface area contributed by atoms with Gasteiger partial charge in [-0.2, -0.15) is 13.2 Å². The van der Waals surface area contributed by atoms with Crippen LogP contribution in [0.5, 0.6) is 0 Å². The zero-order chi connectivity index (χ0) is 17.2. The molecule has 2 fully saturated rings. The van der Waals surface area contributed by atoms with Crippen LogP contribution in [-0.2, 0) is 10.9 Å². The second kappa shape index (κ2) is 7.42. The van der Waals surface area contributed by atoms with Gasteiger partial charge in [0.05, 0.1) is 17.8 Å². The van der Waals surface area contributed by atoms with Crippen LogP contribution >= 0.6 is 0 Å². The van der Waals surface area contributed by atoms with E-state index in [1.165, 1.54) is 12.1 Å². The first-order chi connectivity index (χ1) is 11.4. The Morgan fingerprint density at radius 3 is 2.54 bits per heavy atom. The minimum absolute atomic E-state index is 0.167. The van der Waals surface area contributed by atoms with E-state index in [4.69, 9.17) is 4.74 Å².